The smallest absolute Gasteiger partial charge is 0.0783 e. The highest BCUT2D eigenvalue weighted by molar-refractivity contribution is 6.22. The number of hydrogen-bond donors (Lipinski definition) is 1. The lowest BCUT2D eigenvalue weighted by Gasteiger charge is -2.16. The van der Waals surface area contributed by atoms with Crippen LogP contribution < -0.4 is 0 Å². The molecular weight excluding hydrogens is 460 g/mol. The zero-order chi connectivity index (χ0) is 25.1. The molecule has 178 valence electrons. The van der Waals surface area contributed by atoms with Crippen molar-refractivity contribution in [2.24, 2.45) is 0 Å². The first-order chi connectivity index (χ1) is 18.9. The Kier molecular flexibility index (Phi) is 4.55. The summed E-state index contributed by atoms with van der Waals surface area (Å²) in [5, 5.41) is 5.02. The lowest BCUT2D eigenvalue weighted by atomic mass is 9.97. The molecule has 0 aliphatic carbocycles. The zero-order valence-corrected chi connectivity index (χ0v) is 20.7. The molecule has 0 amide bonds. The maximum atomic E-state index is 3.77. The highest BCUT2D eigenvalue weighted by atomic mass is 15.0. The second-order valence-electron chi connectivity index (χ2n) is 9.87. The molecule has 0 unspecified atom stereocenters. The number of aromatic amines is 1. The van der Waals surface area contributed by atoms with Gasteiger partial charge in [0.1, 0.15) is 0 Å². The van der Waals surface area contributed by atoms with Crippen molar-refractivity contribution in [2.45, 2.75) is 0 Å². The predicted molar refractivity (Wildman–Crippen MR) is 161 cm³/mol. The Labute approximate surface area is 220 Å². The minimum atomic E-state index is 1.16. The second-order valence-corrected chi connectivity index (χ2v) is 9.87. The van der Waals surface area contributed by atoms with E-state index in [0.29, 0.717) is 0 Å². The molecule has 0 radical (unpaired) electrons. The van der Waals surface area contributed by atoms with Crippen LogP contribution in [0.1, 0.15) is 0 Å². The Hall–Kier alpha value is -5.08. The number of nitrogens with one attached hydrogen (secondary N) is 1. The van der Waals surface area contributed by atoms with Crippen molar-refractivity contribution in [3.63, 3.8) is 0 Å². The summed E-state index contributed by atoms with van der Waals surface area (Å²) in [5.41, 5.74) is 10.8. The number of benzene rings is 6. The van der Waals surface area contributed by atoms with E-state index in [1.54, 1.807) is 0 Å². The van der Waals surface area contributed by atoms with E-state index < -0.39 is 0 Å². The average Bonchev–Trinajstić information content (AvgIpc) is 3.54. The van der Waals surface area contributed by atoms with Crippen LogP contribution in [0.25, 0.3) is 71.6 Å². The van der Waals surface area contributed by atoms with E-state index >= 15 is 0 Å². The lowest BCUT2D eigenvalue weighted by Crippen LogP contribution is -1.98. The largest absolute Gasteiger partial charge is 0.353 e. The van der Waals surface area contributed by atoms with E-state index in [1.807, 2.05) is 0 Å². The molecule has 0 fully saturated rings. The average molecular weight is 485 g/mol. The van der Waals surface area contributed by atoms with Crippen LogP contribution >= 0.6 is 0 Å². The van der Waals surface area contributed by atoms with Gasteiger partial charge in [0.15, 0.2) is 0 Å². The van der Waals surface area contributed by atoms with Crippen molar-refractivity contribution in [1.82, 2.24) is 9.55 Å². The molecule has 2 heterocycles. The maximum absolute atomic E-state index is 3.77. The summed E-state index contributed by atoms with van der Waals surface area (Å²) in [4.78, 5) is 3.77. The Morgan fingerprint density at radius 3 is 1.92 bits per heavy atom. The molecule has 0 bridgehead atoms. The molecule has 38 heavy (non-hydrogen) atoms. The molecule has 0 saturated heterocycles. The number of para-hydroxylation sites is 2. The Morgan fingerprint density at radius 2 is 1.11 bits per heavy atom. The van der Waals surface area contributed by atoms with Crippen molar-refractivity contribution in [2.75, 3.05) is 0 Å². The van der Waals surface area contributed by atoms with Crippen LogP contribution in [-0.2, 0) is 0 Å². The van der Waals surface area contributed by atoms with Crippen LogP contribution in [0.5, 0.6) is 0 Å². The summed E-state index contributed by atoms with van der Waals surface area (Å²) in [5.74, 6) is 0. The summed E-state index contributed by atoms with van der Waals surface area (Å²) in [7, 11) is 0. The summed E-state index contributed by atoms with van der Waals surface area (Å²) in [6.45, 7) is 0. The Balaban J connectivity index is 1.53. The number of rotatable bonds is 3. The fourth-order valence-electron chi connectivity index (χ4n) is 6.01. The molecule has 2 nitrogen and oxygen atoms in total. The third-order valence-electron chi connectivity index (χ3n) is 7.74. The normalized spacial score (nSPS) is 11.7. The quantitative estimate of drug-likeness (QED) is 0.258. The molecular formula is C36H24N2. The van der Waals surface area contributed by atoms with Gasteiger partial charge in [-0.2, -0.15) is 0 Å². The molecule has 0 aliphatic rings. The molecule has 2 heteroatoms. The van der Waals surface area contributed by atoms with Gasteiger partial charge in [-0.1, -0.05) is 115 Å². The van der Waals surface area contributed by atoms with Crippen LogP contribution in [0.4, 0.5) is 0 Å². The molecule has 8 aromatic rings. The fourth-order valence-corrected chi connectivity index (χ4v) is 6.01. The third kappa shape index (κ3) is 3.07. The lowest BCUT2D eigenvalue weighted by molar-refractivity contribution is 1.18. The minimum absolute atomic E-state index is 1.16. The van der Waals surface area contributed by atoms with Crippen molar-refractivity contribution in [3.05, 3.63) is 140 Å². The zero-order valence-electron chi connectivity index (χ0n) is 20.7. The van der Waals surface area contributed by atoms with E-state index in [2.05, 4.69) is 149 Å². The minimum Gasteiger partial charge on any atom is -0.353 e. The van der Waals surface area contributed by atoms with Crippen LogP contribution in [0.2, 0.25) is 0 Å². The standard InChI is InChI=1S/C36H24N2/c1-3-11-24(12-4-1)26-19-22-34(31(23-26)25-13-5-2-6-14-25)38-33-18-10-8-16-28(33)30-21-20-29-27-15-7-9-17-32(27)37-35(29)36(30)38/h1-23,37H. The number of H-pyrrole nitrogens is 1. The van der Waals surface area contributed by atoms with Crippen LogP contribution in [0.15, 0.2) is 140 Å². The van der Waals surface area contributed by atoms with Gasteiger partial charge in [-0.25, -0.2) is 0 Å². The molecule has 0 spiro atoms. The van der Waals surface area contributed by atoms with Gasteiger partial charge >= 0.3 is 0 Å². The molecule has 8 rings (SSSR count). The van der Waals surface area contributed by atoms with E-state index in [4.69, 9.17) is 0 Å². The van der Waals surface area contributed by atoms with Crippen molar-refractivity contribution in [1.29, 1.82) is 0 Å². The number of nitrogens with zero attached hydrogens (tertiary/aromatic N) is 1. The van der Waals surface area contributed by atoms with E-state index in [1.165, 1.54) is 66.0 Å². The van der Waals surface area contributed by atoms with E-state index in [9.17, 15) is 0 Å². The third-order valence-corrected chi connectivity index (χ3v) is 7.74. The van der Waals surface area contributed by atoms with E-state index in [-0.39, 0.29) is 0 Å². The highest BCUT2D eigenvalue weighted by Crippen LogP contribution is 2.41. The van der Waals surface area contributed by atoms with Gasteiger partial charge in [0.25, 0.3) is 0 Å². The van der Waals surface area contributed by atoms with Gasteiger partial charge in [-0.05, 0) is 41.0 Å². The second kappa shape index (κ2) is 8.22. The summed E-state index contributed by atoms with van der Waals surface area (Å²) in [6, 6.07) is 50.2. The van der Waals surface area contributed by atoms with Crippen molar-refractivity contribution < 1.29 is 0 Å². The number of fused-ring (bicyclic) bond motifs is 7. The van der Waals surface area contributed by atoms with E-state index in [0.717, 1.165) is 5.52 Å². The van der Waals surface area contributed by atoms with Gasteiger partial charge in [0, 0.05) is 32.6 Å². The monoisotopic (exact) mass is 484 g/mol. The van der Waals surface area contributed by atoms with Crippen LogP contribution in [0.3, 0.4) is 0 Å². The molecule has 1 N–H and O–H groups in total. The first-order valence-electron chi connectivity index (χ1n) is 13.0. The highest BCUT2D eigenvalue weighted by Gasteiger charge is 2.19. The Bertz CT molecular complexity index is 2110. The number of hydrogen-bond acceptors (Lipinski definition) is 0. The summed E-state index contributed by atoms with van der Waals surface area (Å²) < 4.78 is 2.46. The SMILES string of the molecule is c1ccc(-c2ccc(-n3c4ccccc4c4ccc5c6ccccc6[nH]c5c43)c(-c3ccccc3)c2)cc1. The maximum Gasteiger partial charge on any atom is 0.0783 e. The van der Waals surface area contributed by atoms with Gasteiger partial charge in [-0.3, -0.25) is 0 Å². The fraction of sp³-hybridized carbons (Fsp3) is 0. The molecule has 0 atom stereocenters. The van der Waals surface area contributed by atoms with Crippen LogP contribution in [-0.4, -0.2) is 9.55 Å². The first-order valence-corrected chi connectivity index (χ1v) is 13.0. The predicted octanol–water partition coefficient (Wildman–Crippen LogP) is 9.75. The summed E-state index contributed by atoms with van der Waals surface area (Å²) in [6.07, 6.45) is 0. The molecule has 2 aromatic heterocycles. The molecule has 6 aromatic carbocycles. The van der Waals surface area contributed by atoms with Gasteiger partial charge in [-0.15, -0.1) is 0 Å². The van der Waals surface area contributed by atoms with Gasteiger partial charge in [0.05, 0.1) is 22.2 Å². The van der Waals surface area contributed by atoms with Crippen LogP contribution in [0, 0.1) is 0 Å². The van der Waals surface area contributed by atoms with Crippen molar-refractivity contribution >= 4 is 43.6 Å². The molecule has 0 saturated carbocycles. The van der Waals surface area contributed by atoms with Crippen molar-refractivity contribution in [3.8, 4) is 27.9 Å². The topological polar surface area (TPSA) is 20.7 Å². The van der Waals surface area contributed by atoms with Gasteiger partial charge < -0.3 is 9.55 Å². The number of aromatic nitrogens is 2. The Morgan fingerprint density at radius 1 is 0.447 bits per heavy atom. The van der Waals surface area contributed by atoms with Gasteiger partial charge in [0.2, 0.25) is 0 Å². The summed E-state index contributed by atoms with van der Waals surface area (Å²) >= 11 is 0. The first kappa shape index (κ1) is 21.0. The molecule has 0 aliphatic heterocycles.